The quantitative estimate of drug-likeness (QED) is 0.380. The SMILES string of the molecule is CCCCSC(=N[C@@H](C)c1ccccc1)N[C@@H](C)c1ccccc1. The Kier molecular flexibility index (Phi) is 7.90. The van der Waals surface area contributed by atoms with Crippen LogP contribution in [-0.4, -0.2) is 10.9 Å². The van der Waals surface area contributed by atoms with Crippen LogP contribution < -0.4 is 5.32 Å². The minimum absolute atomic E-state index is 0.158. The lowest BCUT2D eigenvalue weighted by molar-refractivity contribution is 0.711. The average molecular weight is 341 g/mol. The molecule has 0 heterocycles. The van der Waals surface area contributed by atoms with Crippen molar-refractivity contribution in [2.75, 3.05) is 5.75 Å². The highest BCUT2D eigenvalue weighted by Gasteiger charge is 2.11. The van der Waals surface area contributed by atoms with Gasteiger partial charge in [-0.15, -0.1) is 0 Å². The van der Waals surface area contributed by atoms with E-state index in [2.05, 4.69) is 80.7 Å². The number of rotatable bonds is 7. The van der Waals surface area contributed by atoms with Crippen molar-refractivity contribution in [2.24, 2.45) is 4.99 Å². The van der Waals surface area contributed by atoms with Crippen molar-refractivity contribution < 1.29 is 0 Å². The van der Waals surface area contributed by atoms with Crippen molar-refractivity contribution in [1.29, 1.82) is 0 Å². The Morgan fingerprint density at radius 3 is 2.12 bits per heavy atom. The molecule has 0 aliphatic carbocycles. The predicted octanol–water partition coefficient (Wildman–Crippen LogP) is 5.99. The maximum atomic E-state index is 4.95. The van der Waals surface area contributed by atoms with E-state index in [9.17, 15) is 0 Å². The second-order valence-corrected chi connectivity index (χ2v) is 7.08. The minimum atomic E-state index is 0.158. The standard InChI is InChI=1S/C21H28N2S/c1-4-5-16-24-21(22-17(2)19-12-8-6-9-13-19)23-18(3)20-14-10-7-11-15-20/h6-15,17-18H,4-5,16H2,1-3H3,(H,22,23)/t17-,18-/m0/s1. The van der Waals surface area contributed by atoms with Gasteiger partial charge in [0, 0.05) is 5.75 Å². The zero-order valence-corrected chi connectivity index (χ0v) is 15.7. The van der Waals surface area contributed by atoms with Crippen LogP contribution in [0.2, 0.25) is 0 Å². The monoisotopic (exact) mass is 340 g/mol. The first-order chi connectivity index (χ1) is 11.7. The molecule has 1 N–H and O–H groups in total. The summed E-state index contributed by atoms with van der Waals surface area (Å²) in [5, 5.41) is 4.64. The van der Waals surface area contributed by atoms with Crippen LogP contribution in [0.1, 0.15) is 56.8 Å². The molecule has 2 aromatic carbocycles. The molecule has 0 saturated carbocycles. The Labute approximate surface area is 150 Å². The van der Waals surface area contributed by atoms with Gasteiger partial charge in [0.25, 0.3) is 0 Å². The Balaban J connectivity index is 2.10. The molecular weight excluding hydrogens is 312 g/mol. The van der Waals surface area contributed by atoms with E-state index in [1.54, 1.807) is 0 Å². The van der Waals surface area contributed by atoms with Gasteiger partial charge >= 0.3 is 0 Å². The van der Waals surface area contributed by atoms with E-state index in [1.807, 2.05) is 17.8 Å². The summed E-state index contributed by atoms with van der Waals surface area (Å²) in [6.07, 6.45) is 2.42. The van der Waals surface area contributed by atoms with Crippen LogP contribution in [0.4, 0.5) is 0 Å². The Morgan fingerprint density at radius 2 is 1.54 bits per heavy atom. The normalized spacial score (nSPS) is 14.2. The number of benzene rings is 2. The first kappa shape index (κ1) is 18.6. The van der Waals surface area contributed by atoms with E-state index < -0.39 is 0 Å². The van der Waals surface area contributed by atoms with Gasteiger partial charge in [0.2, 0.25) is 0 Å². The highest BCUT2D eigenvalue weighted by Crippen LogP contribution is 2.20. The summed E-state index contributed by atoms with van der Waals surface area (Å²) >= 11 is 1.83. The smallest absolute Gasteiger partial charge is 0.157 e. The van der Waals surface area contributed by atoms with Gasteiger partial charge in [-0.05, 0) is 31.4 Å². The van der Waals surface area contributed by atoms with Gasteiger partial charge in [0.05, 0.1) is 12.1 Å². The summed E-state index contributed by atoms with van der Waals surface area (Å²) in [7, 11) is 0. The van der Waals surface area contributed by atoms with Gasteiger partial charge in [0.1, 0.15) is 0 Å². The molecular formula is C21H28N2S. The van der Waals surface area contributed by atoms with E-state index in [1.165, 1.54) is 24.0 Å². The molecule has 0 saturated heterocycles. The summed E-state index contributed by atoms with van der Waals surface area (Å²) in [6, 6.07) is 21.4. The van der Waals surface area contributed by atoms with Crippen molar-refractivity contribution >= 4 is 16.9 Å². The fourth-order valence-corrected chi connectivity index (χ4v) is 3.54. The van der Waals surface area contributed by atoms with Crippen LogP contribution >= 0.6 is 11.8 Å². The lowest BCUT2D eigenvalue weighted by Gasteiger charge is -2.19. The first-order valence-electron chi connectivity index (χ1n) is 8.77. The molecule has 0 aliphatic heterocycles. The van der Waals surface area contributed by atoms with Crippen molar-refractivity contribution in [3.8, 4) is 0 Å². The van der Waals surface area contributed by atoms with Crippen LogP contribution in [-0.2, 0) is 0 Å². The van der Waals surface area contributed by atoms with E-state index in [-0.39, 0.29) is 12.1 Å². The number of nitrogens with zero attached hydrogens (tertiary/aromatic N) is 1. The van der Waals surface area contributed by atoms with Crippen molar-refractivity contribution in [1.82, 2.24) is 5.32 Å². The Bertz CT molecular complexity index is 610. The fourth-order valence-electron chi connectivity index (χ4n) is 2.42. The molecule has 0 aromatic heterocycles. The van der Waals surface area contributed by atoms with E-state index in [0.717, 1.165) is 10.9 Å². The van der Waals surface area contributed by atoms with Gasteiger partial charge < -0.3 is 5.32 Å². The number of thioether (sulfide) groups is 1. The van der Waals surface area contributed by atoms with E-state index >= 15 is 0 Å². The molecule has 2 nitrogen and oxygen atoms in total. The lowest BCUT2D eigenvalue weighted by atomic mass is 10.1. The van der Waals surface area contributed by atoms with Crippen LogP contribution in [0.15, 0.2) is 65.7 Å². The summed E-state index contributed by atoms with van der Waals surface area (Å²) in [6.45, 7) is 6.58. The third-order valence-electron chi connectivity index (χ3n) is 3.97. The highest BCUT2D eigenvalue weighted by molar-refractivity contribution is 8.13. The second-order valence-electron chi connectivity index (χ2n) is 6.00. The van der Waals surface area contributed by atoms with Crippen LogP contribution in [0.3, 0.4) is 0 Å². The van der Waals surface area contributed by atoms with Crippen LogP contribution in [0.25, 0.3) is 0 Å². The molecule has 0 fully saturated rings. The molecule has 2 rings (SSSR count). The number of amidine groups is 1. The zero-order valence-electron chi connectivity index (χ0n) is 14.9. The lowest BCUT2D eigenvalue weighted by Crippen LogP contribution is -2.25. The number of nitrogens with one attached hydrogen (secondary N) is 1. The van der Waals surface area contributed by atoms with E-state index in [4.69, 9.17) is 4.99 Å². The van der Waals surface area contributed by atoms with Gasteiger partial charge in [-0.1, -0.05) is 85.8 Å². The topological polar surface area (TPSA) is 24.4 Å². The van der Waals surface area contributed by atoms with Crippen molar-refractivity contribution in [2.45, 2.75) is 45.7 Å². The summed E-state index contributed by atoms with van der Waals surface area (Å²) in [4.78, 5) is 4.95. The largest absolute Gasteiger partial charge is 0.358 e. The third kappa shape index (κ3) is 6.04. The highest BCUT2D eigenvalue weighted by atomic mass is 32.2. The molecule has 128 valence electrons. The second kappa shape index (κ2) is 10.2. The predicted molar refractivity (Wildman–Crippen MR) is 108 cm³/mol. The summed E-state index contributed by atoms with van der Waals surface area (Å²) in [5.41, 5.74) is 2.54. The first-order valence-corrected chi connectivity index (χ1v) is 9.76. The maximum Gasteiger partial charge on any atom is 0.157 e. The molecule has 0 aliphatic rings. The molecule has 3 heteroatoms. The number of unbranched alkanes of at least 4 members (excludes halogenated alkanes) is 1. The van der Waals surface area contributed by atoms with Crippen LogP contribution in [0, 0.1) is 0 Å². The zero-order chi connectivity index (χ0) is 17.2. The molecule has 24 heavy (non-hydrogen) atoms. The molecule has 2 aromatic rings. The van der Waals surface area contributed by atoms with Crippen LogP contribution in [0.5, 0.6) is 0 Å². The molecule has 0 spiro atoms. The molecule has 0 bridgehead atoms. The molecule has 2 atom stereocenters. The van der Waals surface area contributed by atoms with Gasteiger partial charge in [-0.3, -0.25) is 4.99 Å². The maximum absolute atomic E-state index is 4.95. The number of aliphatic imine (C=N–C) groups is 1. The Hall–Kier alpha value is -1.74. The summed E-state index contributed by atoms with van der Waals surface area (Å²) in [5.74, 6) is 1.10. The van der Waals surface area contributed by atoms with Gasteiger partial charge in [-0.25, -0.2) is 0 Å². The van der Waals surface area contributed by atoms with Gasteiger partial charge in [0.15, 0.2) is 5.17 Å². The van der Waals surface area contributed by atoms with Crippen molar-refractivity contribution in [3.05, 3.63) is 71.8 Å². The third-order valence-corrected chi connectivity index (χ3v) is 4.96. The average Bonchev–Trinajstić information content (AvgIpc) is 2.63. The van der Waals surface area contributed by atoms with E-state index in [0.29, 0.717) is 0 Å². The fraction of sp³-hybridized carbons (Fsp3) is 0.381. The number of hydrogen-bond acceptors (Lipinski definition) is 2. The Morgan fingerprint density at radius 1 is 0.958 bits per heavy atom. The molecule has 0 amide bonds. The summed E-state index contributed by atoms with van der Waals surface area (Å²) < 4.78 is 0. The number of hydrogen-bond donors (Lipinski definition) is 1. The van der Waals surface area contributed by atoms with Gasteiger partial charge in [-0.2, -0.15) is 0 Å². The van der Waals surface area contributed by atoms with Crippen molar-refractivity contribution in [3.63, 3.8) is 0 Å². The minimum Gasteiger partial charge on any atom is -0.358 e. The molecule has 0 unspecified atom stereocenters. The molecule has 0 radical (unpaired) electrons.